The number of nitrogens with one attached hydrogen (secondary N) is 1. The van der Waals surface area contributed by atoms with Crippen molar-refractivity contribution in [3.8, 4) is 0 Å². The summed E-state index contributed by atoms with van der Waals surface area (Å²) in [7, 11) is 0. The molecule has 2 aliphatic heterocycles. The molecule has 0 unspecified atom stereocenters. The van der Waals surface area contributed by atoms with E-state index in [0.717, 1.165) is 52.1 Å². The first-order valence-corrected chi connectivity index (χ1v) is 12.2. The van der Waals surface area contributed by atoms with Crippen molar-refractivity contribution in [1.29, 1.82) is 0 Å². The number of amides is 1. The lowest BCUT2D eigenvalue weighted by molar-refractivity contribution is -0.892. The van der Waals surface area contributed by atoms with Crippen molar-refractivity contribution in [2.75, 3.05) is 44.2 Å². The number of aryl methyl sites for hydroxylation is 2. The number of rotatable bonds is 3. The quantitative estimate of drug-likeness (QED) is 0.694. The molecule has 3 aliphatic rings. The Labute approximate surface area is 190 Å². The van der Waals surface area contributed by atoms with Gasteiger partial charge in [-0.3, -0.25) is 4.79 Å². The molecule has 6 rings (SSSR count). The van der Waals surface area contributed by atoms with Crippen LogP contribution in [0.25, 0.3) is 10.9 Å². The number of anilines is 1. The first-order valence-electron chi connectivity index (χ1n) is 12.2. The van der Waals surface area contributed by atoms with E-state index in [4.69, 9.17) is 0 Å². The zero-order chi connectivity index (χ0) is 21.7. The lowest BCUT2D eigenvalue weighted by atomic mass is 9.89. The van der Waals surface area contributed by atoms with Gasteiger partial charge in [-0.15, -0.1) is 0 Å². The Hall–Kier alpha value is -2.79. The number of hydrogen-bond acceptors (Lipinski definition) is 2. The van der Waals surface area contributed by atoms with Crippen molar-refractivity contribution in [2.45, 2.75) is 38.8 Å². The maximum Gasteiger partial charge on any atom is 0.278 e. The van der Waals surface area contributed by atoms with Crippen LogP contribution in [-0.2, 0) is 17.8 Å². The number of fused-ring (bicyclic) bond motifs is 3. The summed E-state index contributed by atoms with van der Waals surface area (Å²) in [5.41, 5.74) is 6.92. The highest BCUT2D eigenvalue weighted by Crippen LogP contribution is 2.42. The Morgan fingerprint density at radius 2 is 1.84 bits per heavy atom. The summed E-state index contributed by atoms with van der Waals surface area (Å²) in [5, 5.41) is 1.42. The Morgan fingerprint density at radius 1 is 1.03 bits per heavy atom. The summed E-state index contributed by atoms with van der Waals surface area (Å²) in [5.74, 6) is 0.346. The van der Waals surface area contributed by atoms with E-state index in [-0.39, 0.29) is 6.04 Å². The van der Waals surface area contributed by atoms with Crippen LogP contribution in [0.1, 0.15) is 35.7 Å². The highest BCUT2D eigenvalue weighted by molar-refractivity contribution is 5.87. The molecular weight excluding hydrogens is 396 g/mol. The van der Waals surface area contributed by atoms with Gasteiger partial charge in [0.05, 0.1) is 32.2 Å². The molecule has 3 aromatic rings. The van der Waals surface area contributed by atoms with Crippen LogP contribution >= 0.6 is 0 Å². The molecule has 5 heteroatoms. The summed E-state index contributed by atoms with van der Waals surface area (Å²) in [4.78, 5) is 19.6. The van der Waals surface area contributed by atoms with E-state index in [0.29, 0.717) is 12.5 Å². The van der Waals surface area contributed by atoms with E-state index in [1.54, 1.807) is 0 Å². The molecule has 1 fully saturated rings. The number of nitrogens with zero attached hydrogens (tertiary/aromatic N) is 3. The minimum atomic E-state index is 0.262. The SMILES string of the molecule is Cc1ccc2c(c1)c1c3n2CCN(C(=O)C[NH+]2CCN(c4ccccc4)CC2)[C@@H]3CCC1. The fourth-order valence-electron chi connectivity index (χ4n) is 6.23. The van der Waals surface area contributed by atoms with Crippen LogP contribution in [0.4, 0.5) is 5.69 Å². The van der Waals surface area contributed by atoms with Crippen molar-refractivity contribution in [3.63, 3.8) is 0 Å². The van der Waals surface area contributed by atoms with Gasteiger partial charge in [-0.05, 0) is 56.0 Å². The number of quaternary nitrogens is 1. The van der Waals surface area contributed by atoms with Gasteiger partial charge < -0.3 is 19.3 Å². The van der Waals surface area contributed by atoms with Gasteiger partial charge in [0.15, 0.2) is 6.54 Å². The van der Waals surface area contributed by atoms with Crippen molar-refractivity contribution in [2.24, 2.45) is 0 Å². The van der Waals surface area contributed by atoms with Gasteiger partial charge in [0, 0.05) is 35.4 Å². The van der Waals surface area contributed by atoms with Gasteiger partial charge in [-0.2, -0.15) is 0 Å². The van der Waals surface area contributed by atoms with Crippen LogP contribution in [-0.4, -0.2) is 54.6 Å². The highest BCUT2D eigenvalue weighted by Gasteiger charge is 2.38. The predicted molar refractivity (Wildman–Crippen MR) is 128 cm³/mol. The van der Waals surface area contributed by atoms with Gasteiger partial charge in [0.1, 0.15) is 0 Å². The predicted octanol–water partition coefficient (Wildman–Crippen LogP) is 2.57. The lowest BCUT2D eigenvalue weighted by Crippen LogP contribution is -3.16. The first-order chi connectivity index (χ1) is 15.7. The Bertz CT molecular complexity index is 1140. The van der Waals surface area contributed by atoms with E-state index < -0.39 is 0 Å². The van der Waals surface area contributed by atoms with E-state index in [2.05, 4.69) is 69.8 Å². The summed E-state index contributed by atoms with van der Waals surface area (Å²) in [6, 6.07) is 17.8. The normalized spacial score (nSPS) is 21.1. The van der Waals surface area contributed by atoms with Gasteiger partial charge in [-0.1, -0.05) is 29.8 Å². The molecule has 1 atom stereocenters. The topological polar surface area (TPSA) is 32.9 Å². The second-order valence-electron chi connectivity index (χ2n) is 9.78. The van der Waals surface area contributed by atoms with E-state index in [9.17, 15) is 4.79 Å². The number of hydrogen-bond donors (Lipinski definition) is 1. The van der Waals surface area contributed by atoms with Crippen LogP contribution < -0.4 is 9.80 Å². The van der Waals surface area contributed by atoms with E-state index in [1.165, 1.54) is 44.7 Å². The minimum Gasteiger partial charge on any atom is -0.360 e. The largest absolute Gasteiger partial charge is 0.360 e. The van der Waals surface area contributed by atoms with Gasteiger partial charge in [0.2, 0.25) is 0 Å². The molecule has 166 valence electrons. The summed E-state index contributed by atoms with van der Waals surface area (Å²) in [6.45, 7) is 8.69. The van der Waals surface area contributed by atoms with Gasteiger partial charge >= 0.3 is 0 Å². The van der Waals surface area contributed by atoms with Crippen LogP contribution in [0.5, 0.6) is 0 Å². The second kappa shape index (κ2) is 7.96. The molecule has 1 saturated heterocycles. The molecule has 0 saturated carbocycles. The molecule has 1 aromatic heterocycles. The molecule has 32 heavy (non-hydrogen) atoms. The Morgan fingerprint density at radius 3 is 2.66 bits per heavy atom. The number of piperazine rings is 1. The number of aromatic nitrogens is 1. The van der Waals surface area contributed by atoms with Gasteiger partial charge in [-0.25, -0.2) is 0 Å². The van der Waals surface area contributed by atoms with Gasteiger partial charge in [0.25, 0.3) is 5.91 Å². The second-order valence-corrected chi connectivity index (χ2v) is 9.78. The number of benzene rings is 2. The first kappa shape index (κ1) is 19.9. The van der Waals surface area contributed by atoms with Crippen molar-refractivity contribution >= 4 is 22.5 Å². The molecule has 2 aromatic carbocycles. The smallest absolute Gasteiger partial charge is 0.278 e. The van der Waals surface area contributed by atoms with Crippen LogP contribution in [0.2, 0.25) is 0 Å². The molecule has 1 amide bonds. The number of para-hydroxylation sites is 1. The average Bonchev–Trinajstić information content (AvgIpc) is 3.15. The lowest BCUT2D eigenvalue weighted by Gasteiger charge is -2.41. The third-order valence-electron chi connectivity index (χ3n) is 7.84. The van der Waals surface area contributed by atoms with Crippen molar-refractivity contribution in [3.05, 3.63) is 65.4 Å². The molecular formula is C27H33N4O+. The number of carbonyl (C=O) groups excluding carboxylic acids is 1. The third kappa shape index (κ3) is 3.30. The Balaban J connectivity index is 1.18. The monoisotopic (exact) mass is 429 g/mol. The highest BCUT2D eigenvalue weighted by atomic mass is 16.2. The van der Waals surface area contributed by atoms with Crippen LogP contribution in [0, 0.1) is 6.92 Å². The molecule has 1 aliphatic carbocycles. The minimum absolute atomic E-state index is 0.262. The summed E-state index contributed by atoms with van der Waals surface area (Å²) >= 11 is 0. The van der Waals surface area contributed by atoms with Crippen LogP contribution in [0.3, 0.4) is 0 Å². The molecule has 0 radical (unpaired) electrons. The van der Waals surface area contributed by atoms with Crippen molar-refractivity contribution in [1.82, 2.24) is 9.47 Å². The molecule has 1 N–H and O–H groups in total. The third-order valence-corrected chi connectivity index (χ3v) is 7.84. The zero-order valence-corrected chi connectivity index (χ0v) is 19.0. The number of carbonyl (C=O) groups is 1. The standard InChI is InChI=1S/C27H32N4O/c1-20-10-11-24-23(18-20)22-8-5-9-25-27(22)31(24)17-16-30(25)26(32)19-28-12-14-29(15-13-28)21-6-3-2-4-7-21/h2-4,6-7,10-11,18,25H,5,8-9,12-17,19H2,1H3/p+1/t25-/m1/s1. The summed E-state index contributed by atoms with van der Waals surface area (Å²) < 4.78 is 2.52. The average molecular weight is 430 g/mol. The maximum atomic E-state index is 13.5. The summed E-state index contributed by atoms with van der Waals surface area (Å²) in [6.07, 6.45) is 3.43. The Kier molecular flexibility index (Phi) is 4.94. The molecule has 0 spiro atoms. The van der Waals surface area contributed by atoms with E-state index in [1.807, 2.05) is 0 Å². The molecule has 0 bridgehead atoms. The fraction of sp³-hybridized carbons (Fsp3) is 0.444. The molecule has 3 heterocycles. The zero-order valence-electron chi connectivity index (χ0n) is 19.0. The van der Waals surface area contributed by atoms with E-state index >= 15 is 0 Å². The van der Waals surface area contributed by atoms with Crippen LogP contribution in [0.15, 0.2) is 48.5 Å². The maximum absolute atomic E-state index is 13.5. The van der Waals surface area contributed by atoms with Crippen molar-refractivity contribution < 1.29 is 9.69 Å². The fourth-order valence-corrected chi connectivity index (χ4v) is 6.23. The molecule has 5 nitrogen and oxygen atoms in total.